The Morgan fingerprint density at radius 1 is 1.11 bits per heavy atom. The first kappa shape index (κ1) is 20.6. The highest BCUT2D eigenvalue weighted by atomic mass is 16.6. The van der Waals surface area contributed by atoms with Gasteiger partial charge in [-0.1, -0.05) is 54.6 Å². The molecule has 0 aromatic heterocycles. The lowest BCUT2D eigenvalue weighted by atomic mass is 9.93. The molecular formula is C24H31NO3. The van der Waals surface area contributed by atoms with Gasteiger partial charge in [0.25, 0.3) is 0 Å². The van der Waals surface area contributed by atoms with Crippen molar-refractivity contribution in [1.82, 2.24) is 5.32 Å². The molecule has 2 aliphatic rings. The van der Waals surface area contributed by atoms with E-state index in [0.717, 1.165) is 12.2 Å². The van der Waals surface area contributed by atoms with Crippen molar-refractivity contribution < 1.29 is 14.6 Å². The van der Waals surface area contributed by atoms with Crippen molar-refractivity contribution in [3.63, 3.8) is 0 Å². The molecule has 1 saturated heterocycles. The molecule has 150 valence electrons. The Morgan fingerprint density at radius 2 is 1.68 bits per heavy atom. The van der Waals surface area contributed by atoms with Gasteiger partial charge in [-0.05, 0) is 62.6 Å². The maximum atomic E-state index is 12.2. The largest absolute Gasteiger partial charge is 0.373 e. The number of ether oxygens (including phenoxy) is 1. The summed E-state index contributed by atoms with van der Waals surface area (Å²) in [4.78, 5) is 12.2. The van der Waals surface area contributed by atoms with Crippen LogP contribution in [0.25, 0.3) is 0 Å². The van der Waals surface area contributed by atoms with Crippen molar-refractivity contribution in [2.45, 2.75) is 57.8 Å². The van der Waals surface area contributed by atoms with Crippen LogP contribution in [0.2, 0.25) is 0 Å². The predicted octanol–water partition coefficient (Wildman–Crippen LogP) is 3.65. The van der Waals surface area contributed by atoms with Crippen LogP contribution < -0.4 is 5.32 Å². The normalized spacial score (nSPS) is 18.5. The second-order valence-electron chi connectivity index (χ2n) is 8.25. The molecule has 4 heteroatoms. The summed E-state index contributed by atoms with van der Waals surface area (Å²) in [6, 6.07) is 18.6. The molecular weight excluding hydrogens is 350 g/mol. The molecule has 2 atom stereocenters. The fourth-order valence-corrected chi connectivity index (χ4v) is 3.62. The number of aryl methyl sites for hydroxylation is 2. The second-order valence-corrected chi connectivity index (χ2v) is 8.25. The highest BCUT2D eigenvalue weighted by Crippen LogP contribution is 2.23. The van der Waals surface area contributed by atoms with Crippen molar-refractivity contribution in [2.75, 3.05) is 6.61 Å². The molecule has 1 fully saturated rings. The number of nitrogens with one attached hydrogen (secondary N) is 1. The minimum absolute atomic E-state index is 0.119. The minimum Gasteiger partial charge on any atom is -0.373 e. The Hall–Kier alpha value is -2.17. The van der Waals surface area contributed by atoms with Gasteiger partial charge in [0.05, 0.1) is 12.7 Å². The van der Waals surface area contributed by atoms with Gasteiger partial charge in [0.2, 0.25) is 5.91 Å². The van der Waals surface area contributed by atoms with Gasteiger partial charge in [-0.2, -0.15) is 0 Å². The lowest BCUT2D eigenvalue weighted by Gasteiger charge is -2.23. The van der Waals surface area contributed by atoms with Crippen LogP contribution >= 0.6 is 0 Å². The van der Waals surface area contributed by atoms with Crippen molar-refractivity contribution in [1.29, 1.82) is 0 Å². The number of hydrogen-bond acceptors (Lipinski definition) is 3. The van der Waals surface area contributed by atoms with Crippen LogP contribution in [-0.4, -0.2) is 29.4 Å². The number of aliphatic hydroxyl groups is 1. The van der Waals surface area contributed by atoms with Crippen molar-refractivity contribution >= 4 is 5.91 Å². The smallest absolute Gasteiger partial charge is 0.225 e. The van der Waals surface area contributed by atoms with Gasteiger partial charge in [-0.15, -0.1) is 0 Å². The third-order valence-corrected chi connectivity index (χ3v) is 5.09. The van der Waals surface area contributed by atoms with E-state index >= 15 is 0 Å². The summed E-state index contributed by atoms with van der Waals surface area (Å²) in [5.41, 5.74) is 3.07. The van der Waals surface area contributed by atoms with Crippen molar-refractivity contribution in [3.05, 3.63) is 71.3 Å². The van der Waals surface area contributed by atoms with Crippen molar-refractivity contribution in [3.8, 4) is 0 Å². The van der Waals surface area contributed by atoms with Crippen LogP contribution in [0.3, 0.4) is 0 Å². The first-order valence-corrected chi connectivity index (χ1v) is 10.2. The maximum Gasteiger partial charge on any atom is 0.225 e. The van der Waals surface area contributed by atoms with Crippen LogP contribution in [-0.2, 0) is 28.8 Å². The zero-order valence-electron chi connectivity index (χ0n) is 16.9. The van der Waals surface area contributed by atoms with E-state index in [4.69, 9.17) is 4.74 Å². The molecule has 2 N–H and O–H groups in total. The fourth-order valence-electron chi connectivity index (χ4n) is 3.62. The van der Waals surface area contributed by atoms with Gasteiger partial charge < -0.3 is 15.2 Å². The molecule has 4 rings (SSSR count). The number of benzene rings is 2. The van der Waals surface area contributed by atoms with E-state index in [-0.39, 0.29) is 17.9 Å². The zero-order valence-corrected chi connectivity index (χ0v) is 16.9. The first-order chi connectivity index (χ1) is 13.4. The Kier molecular flexibility index (Phi) is 6.87. The standard InChI is InChI=1S/C15H21NO3.C9H10/c1-15(2,18)16-14(17)12(9-13-10-19-13)8-11-6-4-3-5-7-11;1-2-5-9-7-3-6-8(9)4-1/h3-7,12-13,18H,8-10H2,1-2H3,(H,16,17);1-2,4-5H,3,6-7H2. The number of carbonyl (C=O) groups is 1. The van der Waals surface area contributed by atoms with E-state index in [2.05, 4.69) is 29.6 Å². The zero-order chi connectivity index (χ0) is 20.0. The first-order valence-electron chi connectivity index (χ1n) is 10.2. The highest BCUT2D eigenvalue weighted by Gasteiger charge is 2.32. The summed E-state index contributed by atoms with van der Waals surface area (Å²) < 4.78 is 5.21. The third kappa shape index (κ3) is 6.77. The number of amides is 1. The fraction of sp³-hybridized carbons (Fsp3) is 0.458. The Morgan fingerprint density at radius 3 is 2.21 bits per heavy atom. The molecule has 28 heavy (non-hydrogen) atoms. The van der Waals surface area contributed by atoms with E-state index in [9.17, 15) is 9.90 Å². The number of fused-ring (bicyclic) bond motifs is 1. The molecule has 0 radical (unpaired) electrons. The van der Waals surface area contributed by atoms with E-state index in [1.165, 1.54) is 19.3 Å². The number of hydrogen-bond donors (Lipinski definition) is 2. The van der Waals surface area contributed by atoms with E-state index < -0.39 is 5.72 Å². The van der Waals surface area contributed by atoms with Gasteiger partial charge in [0.1, 0.15) is 5.72 Å². The van der Waals surface area contributed by atoms with Crippen LogP contribution in [0.1, 0.15) is 43.4 Å². The monoisotopic (exact) mass is 381 g/mol. The lowest BCUT2D eigenvalue weighted by molar-refractivity contribution is -0.131. The van der Waals surface area contributed by atoms with Crippen molar-refractivity contribution in [2.24, 2.45) is 5.92 Å². The Labute approximate surface area is 167 Å². The average molecular weight is 382 g/mol. The third-order valence-electron chi connectivity index (χ3n) is 5.09. The molecule has 0 spiro atoms. The second kappa shape index (κ2) is 9.35. The molecule has 2 aromatic rings. The summed E-state index contributed by atoms with van der Waals surface area (Å²) in [6.07, 6.45) is 5.53. The van der Waals surface area contributed by atoms with Gasteiger partial charge >= 0.3 is 0 Å². The molecule has 0 saturated carbocycles. The molecule has 2 aromatic carbocycles. The summed E-state index contributed by atoms with van der Waals surface area (Å²) in [7, 11) is 0. The molecule has 4 nitrogen and oxygen atoms in total. The molecule has 0 bridgehead atoms. The van der Waals surface area contributed by atoms with Gasteiger partial charge in [0.15, 0.2) is 0 Å². The highest BCUT2D eigenvalue weighted by molar-refractivity contribution is 5.79. The molecule has 1 aliphatic carbocycles. The number of rotatable bonds is 6. The SMILES string of the molecule is CC(C)(O)NC(=O)C(Cc1ccccc1)CC1CO1.c1ccc2c(c1)CCC2. The van der Waals surface area contributed by atoms with Gasteiger partial charge in [0, 0.05) is 5.92 Å². The summed E-state index contributed by atoms with van der Waals surface area (Å²) in [5.74, 6) is -0.284. The predicted molar refractivity (Wildman–Crippen MR) is 111 cm³/mol. The van der Waals surface area contributed by atoms with Crippen LogP contribution in [0, 0.1) is 5.92 Å². The van der Waals surface area contributed by atoms with Crippen LogP contribution in [0.15, 0.2) is 54.6 Å². The summed E-state index contributed by atoms with van der Waals surface area (Å²) in [6.45, 7) is 3.87. The Balaban J connectivity index is 0.000000206. The van der Waals surface area contributed by atoms with E-state index in [0.29, 0.717) is 12.8 Å². The van der Waals surface area contributed by atoms with Gasteiger partial charge in [-0.3, -0.25) is 4.79 Å². The molecule has 1 amide bonds. The van der Waals surface area contributed by atoms with E-state index in [1.807, 2.05) is 30.3 Å². The summed E-state index contributed by atoms with van der Waals surface area (Å²) >= 11 is 0. The average Bonchev–Trinajstić information content (AvgIpc) is 3.34. The molecule has 2 unspecified atom stereocenters. The van der Waals surface area contributed by atoms with Crippen LogP contribution in [0.5, 0.6) is 0 Å². The Bertz CT molecular complexity index is 740. The van der Waals surface area contributed by atoms with Crippen LogP contribution in [0.4, 0.5) is 0 Å². The maximum absolute atomic E-state index is 12.2. The molecule has 1 aliphatic heterocycles. The topological polar surface area (TPSA) is 61.9 Å². The van der Waals surface area contributed by atoms with Gasteiger partial charge in [-0.25, -0.2) is 0 Å². The quantitative estimate of drug-likeness (QED) is 0.593. The minimum atomic E-state index is -1.18. The molecule has 1 heterocycles. The lowest BCUT2D eigenvalue weighted by Crippen LogP contribution is -2.46. The van der Waals surface area contributed by atoms with E-state index in [1.54, 1.807) is 25.0 Å². The number of epoxide rings is 1. The summed E-state index contributed by atoms with van der Waals surface area (Å²) in [5, 5.41) is 12.3. The number of carbonyl (C=O) groups excluding carboxylic acids is 1.